The van der Waals surface area contributed by atoms with E-state index in [4.69, 9.17) is 0 Å². The van der Waals surface area contributed by atoms with Crippen molar-refractivity contribution in [1.82, 2.24) is 5.06 Å². The molecule has 0 saturated carbocycles. The number of hydrogen-bond acceptors (Lipinski definition) is 7. The third-order valence-electron chi connectivity index (χ3n) is 3.46. The lowest BCUT2D eigenvalue weighted by molar-refractivity contribution is -0.179. The minimum atomic E-state index is -0.337. The molecule has 146 valence electrons. The monoisotopic (exact) mass is 377 g/mol. The molecule has 1 rings (SSSR count). The van der Waals surface area contributed by atoms with Crippen molar-refractivity contribution in [2.24, 2.45) is 5.41 Å². The van der Waals surface area contributed by atoms with E-state index >= 15 is 0 Å². The van der Waals surface area contributed by atoms with Crippen molar-refractivity contribution in [3.63, 3.8) is 0 Å². The van der Waals surface area contributed by atoms with Gasteiger partial charge in [0.15, 0.2) is 0 Å². The Morgan fingerprint density at radius 2 is 1.36 bits per heavy atom. The van der Waals surface area contributed by atoms with E-state index in [-0.39, 0.29) is 40.4 Å². The number of carbonyl (C=O) groups is 4. The summed E-state index contributed by atoms with van der Waals surface area (Å²) in [5, 5.41) is 0.792. The first-order valence-corrected chi connectivity index (χ1v) is 8.27. The van der Waals surface area contributed by atoms with E-state index in [2.05, 4.69) is 22.2 Å². The van der Waals surface area contributed by atoms with E-state index in [0.717, 1.165) is 11.3 Å². The summed E-state index contributed by atoms with van der Waals surface area (Å²) in [6.45, 7) is 13.6. The van der Waals surface area contributed by atoms with Crippen LogP contribution in [0.2, 0.25) is 0 Å². The van der Waals surface area contributed by atoms with Crippen LogP contribution in [0, 0.1) is 5.41 Å². The molecule has 0 N–H and O–H groups in total. The normalized spacial score (nSPS) is 14.8. The zero-order valence-corrected chi connectivity index (χ0v) is 17.3. The number of thiol groups is 1. The number of hydrogen-bond donors (Lipinski definition) is 1. The molecule has 0 bridgehead atoms. The van der Waals surface area contributed by atoms with Crippen molar-refractivity contribution in [1.29, 1.82) is 0 Å². The fourth-order valence-electron chi connectivity index (χ4n) is 1.05. The van der Waals surface area contributed by atoms with Crippen LogP contribution in [-0.2, 0) is 28.8 Å². The first-order chi connectivity index (χ1) is 11.1. The van der Waals surface area contributed by atoms with Crippen LogP contribution in [0.4, 0.5) is 0 Å². The molecule has 1 aliphatic rings. The number of hydroxylamine groups is 2. The van der Waals surface area contributed by atoms with E-state index in [9.17, 15) is 19.2 Å². The highest BCUT2D eigenvalue weighted by Gasteiger charge is 2.33. The summed E-state index contributed by atoms with van der Waals surface area (Å²) < 4.78 is 4.32. The molecular formula is C17H31NO6S. The van der Waals surface area contributed by atoms with Gasteiger partial charge in [0.2, 0.25) is 0 Å². The second kappa shape index (κ2) is 10.6. The van der Waals surface area contributed by atoms with Crippen LogP contribution in [0.1, 0.15) is 61.3 Å². The summed E-state index contributed by atoms with van der Waals surface area (Å²) in [6.07, 6.45) is 1.51. The number of ether oxygens (including phenoxy) is 1. The largest absolute Gasteiger partial charge is 0.462 e. The highest BCUT2D eigenvalue weighted by atomic mass is 32.1. The Kier molecular flexibility index (Phi) is 10.9. The molecule has 0 aromatic carbocycles. The summed E-state index contributed by atoms with van der Waals surface area (Å²) >= 11 is 4.28. The predicted octanol–water partition coefficient (Wildman–Crippen LogP) is 2.57. The Bertz CT molecular complexity index is 447. The molecule has 1 saturated heterocycles. The Morgan fingerprint density at radius 1 is 0.960 bits per heavy atom. The van der Waals surface area contributed by atoms with Gasteiger partial charge in [-0.2, -0.15) is 17.7 Å². The maximum absolute atomic E-state index is 10.6. The van der Waals surface area contributed by atoms with Crippen molar-refractivity contribution < 1.29 is 28.8 Å². The summed E-state index contributed by atoms with van der Waals surface area (Å²) in [6, 6.07) is 0. The Labute approximate surface area is 155 Å². The zero-order chi connectivity index (χ0) is 20.5. The molecule has 0 atom stereocenters. The van der Waals surface area contributed by atoms with E-state index in [1.54, 1.807) is 0 Å². The summed E-state index contributed by atoms with van der Waals surface area (Å²) in [4.78, 5) is 45.7. The van der Waals surface area contributed by atoms with Crippen LogP contribution in [0.15, 0.2) is 0 Å². The smallest absolute Gasteiger partial charge is 0.293 e. The van der Waals surface area contributed by atoms with Gasteiger partial charge in [-0.05, 0) is 20.8 Å². The van der Waals surface area contributed by atoms with Gasteiger partial charge < -0.3 is 9.53 Å². The van der Waals surface area contributed by atoms with Crippen LogP contribution >= 0.6 is 12.6 Å². The molecule has 1 fully saturated rings. The number of nitrogens with zero attached hydrogens (tertiary/aromatic N) is 1. The zero-order valence-electron chi connectivity index (χ0n) is 16.4. The van der Waals surface area contributed by atoms with Gasteiger partial charge in [0.25, 0.3) is 18.3 Å². The lowest BCUT2D eigenvalue weighted by Crippen LogP contribution is -2.34. The number of aldehydes is 1. The summed E-state index contributed by atoms with van der Waals surface area (Å²) in [5.74, 6) is -0.495. The molecule has 0 spiro atoms. The van der Waals surface area contributed by atoms with Crippen LogP contribution < -0.4 is 0 Å². The lowest BCUT2D eigenvalue weighted by atomic mass is 9.82. The minimum Gasteiger partial charge on any atom is -0.462 e. The standard InChI is InChI=1S/C7H14OS.C5H7NO3.C5H10O2/c1-6(2,5-8)7(3,4)9;1-9-6-4(7)2-3-5(6)8;1-5(2,3)7-4-6/h5,9H,1-4H3;2-3H2,1H3;4H,1-3H3. The maximum Gasteiger partial charge on any atom is 0.293 e. The van der Waals surface area contributed by atoms with E-state index in [1.165, 1.54) is 7.11 Å². The molecule has 1 aliphatic heterocycles. The SMILES string of the molecule is CC(C)(C)OC=O.CC(C)(S)C(C)(C)C=O.CON1C(=O)CCC1=O. The third-order valence-corrected chi connectivity index (χ3v) is 4.04. The molecule has 0 aromatic rings. The maximum atomic E-state index is 10.6. The second-order valence-corrected chi connectivity index (χ2v) is 8.61. The quantitative estimate of drug-likeness (QED) is 0.460. The lowest BCUT2D eigenvalue weighted by Gasteiger charge is -2.32. The fourth-order valence-corrected chi connectivity index (χ4v) is 1.10. The predicted molar refractivity (Wildman–Crippen MR) is 97.9 cm³/mol. The second-order valence-electron chi connectivity index (χ2n) is 7.49. The molecule has 25 heavy (non-hydrogen) atoms. The number of rotatable bonds is 4. The van der Waals surface area contributed by atoms with Crippen molar-refractivity contribution in [3.05, 3.63) is 0 Å². The Balaban J connectivity index is 0. The molecule has 2 amide bonds. The van der Waals surface area contributed by atoms with Crippen LogP contribution in [0.3, 0.4) is 0 Å². The van der Waals surface area contributed by atoms with Gasteiger partial charge in [-0.25, -0.2) is 0 Å². The molecule has 7 nitrogen and oxygen atoms in total. The van der Waals surface area contributed by atoms with Gasteiger partial charge in [-0.1, -0.05) is 27.7 Å². The number of carbonyl (C=O) groups excluding carboxylic acids is 4. The third kappa shape index (κ3) is 10.9. The highest BCUT2D eigenvalue weighted by Crippen LogP contribution is 2.33. The number of amides is 2. The Hall–Kier alpha value is -1.41. The van der Waals surface area contributed by atoms with Gasteiger partial charge >= 0.3 is 0 Å². The molecular weight excluding hydrogens is 346 g/mol. The number of imide groups is 1. The van der Waals surface area contributed by atoms with Crippen LogP contribution in [0.25, 0.3) is 0 Å². The van der Waals surface area contributed by atoms with Crippen molar-refractivity contribution >= 4 is 37.2 Å². The first-order valence-electron chi connectivity index (χ1n) is 7.83. The topological polar surface area (TPSA) is 90.0 Å². The molecule has 0 aromatic heterocycles. The van der Waals surface area contributed by atoms with E-state index in [0.29, 0.717) is 6.47 Å². The highest BCUT2D eigenvalue weighted by molar-refractivity contribution is 7.81. The van der Waals surface area contributed by atoms with Crippen LogP contribution in [-0.4, -0.2) is 47.1 Å². The van der Waals surface area contributed by atoms with Gasteiger partial charge in [0.05, 0.1) is 7.11 Å². The average Bonchev–Trinajstić information content (AvgIpc) is 2.76. The molecule has 1 heterocycles. The molecule has 0 radical (unpaired) electrons. The molecule has 0 aliphatic carbocycles. The molecule has 0 unspecified atom stereocenters. The van der Waals surface area contributed by atoms with Gasteiger partial charge in [0.1, 0.15) is 11.9 Å². The Morgan fingerprint density at radius 3 is 1.44 bits per heavy atom. The molecule has 8 heteroatoms. The summed E-state index contributed by atoms with van der Waals surface area (Å²) in [7, 11) is 1.31. The van der Waals surface area contributed by atoms with E-state index < -0.39 is 0 Å². The van der Waals surface area contributed by atoms with Crippen molar-refractivity contribution in [2.75, 3.05) is 7.11 Å². The summed E-state index contributed by atoms with van der Waals surface area (Å²) in [5.41, 5.74) is -0.655. The average molecular weight is 378 g/mol. The van der Waals surface area contributed by atoms with Gasteiger partial charge in [-0.15, -0.1) is 0 Å². The first kappa shape index (κ1) is 25.8. The minimum absolute atomic E-state index is 0.227. The van der Waals surface area contributed by atoms with Crippen molar-refractivity contribution in [3.8, 4) is 0 Å². The van der Waals surface area contributed by atoms with Crippen LogP contribution in [0.5, 0.6) is 0 Å². The van der Waals surface area contributed by atoms with Gasteiger partial charge in [-0.3, -0.25) is 19.2 Å². The van der Waals surface area contributed by atoms with Gasteiger partial charge in [0, 0.05) is 23.0 Å². The van der Waals surface area contributed by atoms with Crippen molar-refractivity contribution in [2.45, 2.75) is 71.7 Å². The van der Waals surface area contributed by atoms with E-state index in [1.807, 2.05) is 48.5 Å². The fraction of sp³-hybridized carbons (Fsp3) is 0.765.